The van der Waals surface area contributed by atoms with Crippen molar-refractivity contribution in [2.24, 2.45) is 5.92 Å². The Morgan fingerprint density at radius 2 is 1.72 bits per heavy atom. The number of nitrogens with zero attached hydrogens (tertiary/aromatic N) is 1. The van der Waals surface area contributed by atoms with Gasteiger partial charge in [0.1, 0.15) is 17.5 Å². The van der Waals surface area contributed by atoms with Crippen LogP contribution < -0.4 is 0 Å². The molecule has 0 N–H and O–H groups in total. The van der Waals surface area contributed by atoms with Crippen molar-refractivity contribution in [2.45, 2.75) is 4.90 Å². The first-order valence-electron chi connectivity index (χ1n) is 5.07. The van der Waals surface area contributed by atoms with E-state index in [9.17, 15) is 21.6 Å². The Kier molecular flexibility index (Phi) is 3.57. The molecule has 1 aliphatic heterocycles. The van der Waals surface area contributed by atoms with Gasteiger partial charge in [-0.25, -0.2) is 21.6 Å². The fraction of sp³-hybridized carbons (Fsp3) is 0.400. The molecule has 18 heavy (non-hydrogen) atoms. The average molecular weight is 300 g/mol. The first-order chi connectivity index (χ1) is 8.36. The van der Waals surface area contributed by atoms with Gasteiger partial charge in [-0.2, -0.15) is 4.31 Å². The van der Waals surface area contributed by atoms with Crippen LogP contribution in [0, 0.1) is 23.4 Å². The normalized spacial score (nSPS) is 17.8. The summed E-state index contributed by atoms with van der Waals surface area (Å²) in [4.78, 5) is -1.11. The molecule has 2 rings (SSSR count). The van der Waals surface area contributed by atoms with E-state index in [0.29, 0.717) is 12.1 Å². The number of halogens is 4. The van der Waals surface area contributed by atoms with Gasteiger partial charge in [0.05, 0.1) is 0 Å². The summed E-state index contributed by atoms with van der Waals surface area (Å²) in [6.07, 6.45) is 0. The molecular formula is C10H9ClF3NO2S. The minimum Gasteiger partial charge on any atom is -0.207 e. The number of rotatable bonds is 3. The Bertz CT molecular complexity index is 549. The number of hydrogen-bond acceptors (Lipinski definition) is 2. The zero-order valence-electron chi connectivity index (χ0n) is 9.04. The second-order valence-electron chi connectivity index (χ2n) is 4.04. The molecule has 1 aromatic rings. The lowest BCUT2D eigenvalue weighted by Crippen LogP contribution is -2.50. The first kappa shape index (κ1) is 13.6. The van der Waals surface area contributed by atoms with E-state index in [1.165, 1.54) is 0 Å². The molecule has 0 aliphatic carbocycles. The predicted octanol–water partition coefficient (Wildman–Crippen LogP) is 1.96. The molecule has 0 aromatic heterocycles. The van der Waals surface area contributed by atoms with E-state index in [2.05, 4.69) is 0 Å². The van der Waals surface area contributed by atoms with Crippen LogP contribution in [-0.4, -0.2) is 31.7 Å². The molecule has 3 nitrogen and oxygen atoms in total. The Hall–Kier alpha value is -0.790. The molecule has 100 valence electrons. The van der Waals surface area contributed by atoms with Crippen LogP contribution in [0.4, 0.5) is 13.2 Å². The Labute approximate surface area is 107 Å². The maximum Gasteiger partial charge on any atom is 0.248 e. The van der Waals surface area contributed by atoms with Gasteiger partial charge in [-0.15, -0.1) is 11.6 Å². The van der Waals surface area contributed by atoms with Crippen molar-refractivity contribution in [3.8, 4) is 0 Å². The highest BCUT2D eigenvalue weighted by Gasteiger charge is 2.39. The molecule has 1 saturated heterocycles. The summed E-state index contributed by atoms with van der Waals surface area (Å²) in [7, 11) is -4.27. The van der Waals surface area contributed by atoms with Gasteiger partial charge in [0.2, 0.25) is 10.0 Å². The summed E-state index contributed by atoms with van der Waals surface area (Å²) >= 11 is 5.53. The summed E-state index contributed by atoms with van der Waals surface area (Å²) in [5.74, 6) is -3.76. The van der Waals surface area contributed by atoms with Crippen molar-refractivity contribution < 1.29 is 21.6 Å². The van der Waals surface area contributed by atoms with E-state index in [1.54, 1.807) is 0 Å². The third-order valence-corrected chi connectivity index (χ3v) is 5.02. The summed E-state index contributed by atoms with van der Waals surface area (Å²) in [5, 5.41) is 0. The fourth-order valence-corrected chi connectivity index (χ4v) is 3.60. The van der Waals surface area contributed by atoms with E-state index in [-0.39, 0.29) is 24.9 Å². The van der Waals surface area contributed by atoms with E-state index < -0.39 is 32.4 Å². The average Bonchev–Trinajstić information content (AvgIpc) is 2.12. The third-order valence-electron chi connectivity index (χ3n) is 2.70. The Balaban J connectivity index is 2.37. The van der Waals surface area contributed by atoms with Crippen molar-refractivity contribution in [2.75, 3.05) is 19.0 Å². The van der Waals surface area contributed by atoms with Gasteiger partial charge < -0.3 is 0 Å². The highest BCUT2D eigenvalue weighted by atomic mass is 35.5. The standard InChI is InChI=1S/C10H9ClF3NO2S/c11-3-6-4-15(5-6)18(16,17)10-8(13)1-7(12)2-9(10)14/h1-2,6H,3-5H2. The van der Waals surface area contributed by atoms with Gasteiger partial charge in [-0.3, -0.25) is 0 Å². The molecule has 1 aliphatic rings. The van der Waals surface area contributed by atoms with Crippen LogP contribution in [0.25, 0.3) is 0 Å². The number of sulfonamides is 1. The van der Waals surface area contributed by atoms with Crippen LogP contribution in [0.3, 0.4) is 0 Å². The topological polar surface area (TPSA) is 37.4 Å². The molecule has 0 amide bonds. The second-order valence-corrected chi connectivity index (χ2v) is 6.22. The highest BCUT2D eigenvalue weighted by molar-refractivity contribution is 7.89. The van der Waals surface area contributed by atoms with Gasteiger partial charge in [0.15, 0.2) is 4.90 Å². The van der Waals surface area contributed by atoms with Gasteiger partial charge in [0.25, 0.3) is 0 Å². The Morgan fingerprint density at radius 3 is 2.17 bits per heavy atom. The zero-order chi connectivity index (χ0) is 13.5. The highest BCUT2D eigenvalue weighted by Crippen LogP contribution is 2.29. The fourth-order valence-electron chi connectivity index (χ4n) is 1.72. The minimum atomic E-state index is -4.27. The molecule has 0 unspecified atom stereocenters. The van der Waals surface area contributed by atoms with Crippen molar-refractivity contribution in [1.82, 2.24) is 4.31 Å². The monoisotopic (exact) mass is 299 g/mol. The minimum absolute atomic E-state index is 0.0204. The second kappa shape index (κ2) is 4.71. The third kappa shape index (κ3) is 2.22. The van der Waals surface area contributed by atoms with Gasteiger partial charge >= 0.3 is 0 Å². The van der Waals surface area contributed by atoms with E-state index >= 15 is 0 Å². The first-order valence-corrected chi connectivity index (χ1v) is 7.04. The summed E-state index contributed by atoms with van der Waals surface area (Å²) < 4.78 is 64.2. The van der Waals surface area contributed by atoms with Crippen LogP contribution in [0.5, 0.6) is 0 Å². The van der Waals surface area contributed by atoms with Crippen molar-refractivity contribution in [3.05, 3.63) is 29.6 Å². The summed E-state index contributed by atoms with van der Waals surface area (Å²) in [6, 6.07) is 0.684. The van der Waals surface area contributed by atoms with Crippen LogP contribution >= 0.6 is 11.6 Å². The van der Waals surface area contributed by atoms with Gasteiger partial charge in [-0.05, 0) is 0 Å². The quantitative estimate of drug-likeness (QED) is 0.800. The van der Waals surface area contributed by atoms with Gasteiger partial charge in [0, 0.05) is 37.0 Å². The van der Waals surface area contributed by atoms with E-state index in [4.69, 9.17) is 11.6 Å². The Morgan fingerprint density at radius 1 is 1.22 bits per heavy atom. The number of hydrogen-bond donors (Lipinski definition) is 0. The molecular weight excluding hydrogens is 291 g/mol. The maximum absolute atomic E-state index is 13.4. The van der Waals surface area contributed by atoms with Crippen LogP contribution in [-0.2, 0) is 10.0 Å². The smallest absolute Gasteiger partial charge is 0.207 e. The lowest BCUT2D eigenvalue weighted by molar-refractivity contribution is 0.219. The molecule has 1 fully saturated rings. The maximum atomic E-state index is 13.4. The van der Waals surface area contributed by atoms with E-state index in [0.717, 1.165) is 4.31 Å². The SMILES string of the molecule is O=S(=O)(c1c(F)cc(F)cc1F)N1CC(CCl)C1. The van der Waals surface area contributed by atoms with Crippen molar-refractivity contribution in [3.63, 3.8) is 0 Å². The summed E-state index contributed by atoms with van der Waals surface area (Å²) in [6.45, 7) is 0.226. The van der Waals surface area contributed by atoms with Crippen molar-refractivity contribution in [1.29, 1.82) is 0 Å². The molecule has 0 radical (unpaired) electrons. The van der Waals surface area contributed by atoms with Crippen LogP contribution in [0.1, 0.15) is 0 Å². The molecule has 0 atom stereocenters. The zero-order valence-corrected chi connectivity index (χ0v) is 10.6. The molecule has 1 aromatic carbocycles. The number of alkyl halides is 1. The van der Waals surface area contributed by atoms with Crippen LogP contribution in [0.15, 0.2) is 17.0 Å². The lowest BCUT2D eigenvalue weighted by atomic mass is 10.1. The molecule has 0 saturated carbocycles. The molecule has 8 heteroatoms. The van der Waals surface area contributed by atoms with Crippen LogP contribution in [0.2, 0.25) is 0 Å². The largest absolute Gasteiger partial charge is 0.248 e. The molecule has 0 spiro atoms. The molecule has 0 bridgehead atoms. The molecule has 1 heterocycles. The number of benzene rings is 1. The van der Waals surface area contributed by atoms with E-state index in [1.807, 2.05) is 0 Å². The predicted molar refractivity (Wildman–Crippen MR) is 59.3 cm³/mol. The van der Waals surface area contributed by atoms with Crippen molar-refractivity contribution >= 4 is 21.6 Å². The summed E-state index contributed by atoms with van der Waals surface area (Å²) in [5.41, 5.74) is 0. The lowest BCUT2D eigenvalue weighted by Gasteiger charge is -2.36. The van der Waals surface area contributed by atoms with Gasteiger partial charge in [-0.1, -0.05) is 0 Å².